The molecule has 1 aromatic carbocycles. The second-order valence-electron chi connectivity index (χ2n) is 8.06. The molecule has 1 aromatic heterocycles. The molecule has 3 aliphatic heterocycles. The van der Waals surface area contributed by atoms with Crippen molar-refractivity contribution in [2.24, 2.45) is 0 Å². The summed E-state index contributed by atoms with van der Waals surface area (Å²) < 4.78 is 18.3. The van der Waals surface area contributed by atoms with Gasteiger partial charge in [-0.3, -0.25) is 0 Å². The number of benzene rings is 1. The molecule has 30 heavy (non-hydrogen) atoms. The fourth-order valence-electron chi connectivity index (χ4n) is 4.60. The van der Waals surface area contributed by atoms with Crippen molar-refractivity contribution in [1.82, 2.24) is 9.97 Å². The molecule has 0 N–H and O–H groups in total. The van der Waals surface area contributed by atoms with E-state index < -0.39 is 5.60 Å². The maximum absolute atomic E-state index is 6.57. The zero-order chi connectivity index (χ0) is 20.7. The second-order valence-corrected chi connectivity index (χ2v) is 9.27. The number of halogens is 1. The van der Waals surface area contributed by atoms with Gasteiger partial charge in [0.1, 0.15) is 11.4 Å². The molecule has 0 aliphatic carbocycles. The molecule has 0 bridgehead atoms. The zero-order valence-electron chi connectivity index (χ0n) is 17.3. The minimum atomic E-state index is -0.567. The summed E-state index contributed by atoms with van der Waals surface area (Å²) in [6.07, 6.45) is 3.69. The average Bonchev–Trinajstić information content (AvgIpc) is 3.05. The number of ether oxygens (including phenoxy) is 3. The Hall–Kier alpha value is -1.38. The van der Waals surface area contributed by atoms with Gasteiger partial charge in [0.05, 0.1) is 31.6 Å². The quantitative estimate of drug-likeness (QED) is 0.506. The number of anilines is 1. The highest BCUT2D eigenvalue weighted by Gasteiger charge is 2.45. The number of hydrogen-bond acceptors (Lipinski definition) is 7. The maximum Gasteiger partial charge on any atom is 0.189 e. The molecule has 0 saturated carbocycles. The monoisotopic (exact) mass is 447 g/mol. The largest absolute Gasteiger partial charge is 0.380 e. The van der Waals surface area contributed by atoms with Crippen LogP contribution >= 0.6 is 23.4 Å². The molecule has 5 rings (SSSR count). The summed E-state index contributed by atoms with van der Waals surface area (Å²) in [7, 11) is 0. The smallest absolute Gasteiger partial charge is 0.189 e. The van der Waals surface area contributed by atoms with Gasteiger partial charge in [0, 0.05) is 36.7 Å². The highest BCUT2D eigenvalue weighted by atomic mass is 35.5. The molecular formula is C22H26ClN3O3S. The first-order valence-electron chi connectivity index (χ1n) is 10.4. The van der Waals surface area contributed by atoms with E-state index in [1.807, 2.05) is 18.4 Å². The van der Waals surface area contributed by atoms with Crippen LogP contribution in [0, 0.1) is 0 Å². The molecule has 2 atom stereocenters. The Bertz CT molecular complexity index is 951. The van der Waals surface area contributed by atoms with E-state index in [1.165, 1.54) is 0 Å². The lowest BCUT2D eigenvalue weighted by Gasteiger charge is -2.44. The molecule has 2 aromatic rings. The van der Waals surface area contributed by atoms with Crippen molar-refractivity contribution in [2.75, 3.05) is 44.1 Å². The normalized spacial score (nSPS) is 26.2. The first-order valence-corrected chi connectivity index (χ1v) is 12.0. The minimum absolute atomic E-state index is 0.0210. The molecule has 1 spiro atoms. The van der Waals surface area contributed by atoms with E-state index in [9.17, 15) is 0 Å². The number of rotatable bonds is 2. The van der Waals surface area contributed by atoms with Crippen molar-refractivity contribution < 1.29 is 14.2 Å². The van der Waals surface area contributed by atoms with Crippen molar-refractivity contribution in [3.63, 3.8) is 0 Å². The third kappa shape index (κ3) is 3.60. The van der Waals surface area contributed by atoms with Crippen LogP contribution in [0.3, 0.4) is 0 Å². The Morgan fingerprint density at radius 2 is 2.13 bits per heavy atom. The molecule has 0 radical (unpaired) electrons. The molecule has 1 saturated heterocycles. The van der Waals surface area contributed by atoms with E-state index in [0.29, 0.717) is 19.6 Å². The van der Waals surface area contributed by atoms with Crippen LogP contribution in [-0.4, -0.2) is 49.1 Å². The lowest BCUT2D eigenvalue weighted by Crippen LogP contribution is -2.45. The van der Waals surface area contributed by atoms with E-state index in [1.54, 1.807) is 11.8 Å². The van der Waals surface area contributed by atoms with Gasteiger partial charge in [-0.2, -0.15) is 0 Å². The third-order valence-electron chi connectivity index (χ3n) is 6.21. The summed E-state index contributed by atoms with van der Waals surface area (Å²) in [6.45, 7) is 6.31. The van der Waals surface area contributed by atoms with E-state index in [2.05, 4.69) is 17.9 Å². The van der Waals surface area contributed by atoms with Gasteiger partial charge in [-0.15, -0.1) is 0 Å². The SMILES string of the molecule is CSc1nc2c(c(N3CCCOCC3)n1)CO[C@@]1(CO[C@@H](C)c3ccc(Cl)cc31)C2. The van der Waals surface area contributed by atoms with Gasteiger partial charge in [0.15, 0.2) is 5.16 Å². The predicted molar refractivity (Wildman–Crippen MR) is 117 cm³/mol. The van der Waals surface area contributed by atoms with Crippen molar-refractivity contribution in [3.05, 3.63) is 45.6 Å². The van der Waals surface area contributed by atoms with Crippen LogP contribution in [0.15, 0.2) is 23.4 Å². The van der Waals surface area contributed by atoms with Gasteiger partial charge in [-0.05, 0) is 42.9 Å². The van der Waals surface area contributed by atoms with Crippen molar-refractivity contribution >= 4 is 29.2 Å². The van der Waals surface area contributed by atoms with Gasteiger partial charge >= 0.3 is 0 Å². The molecule has 4 heterocycles. The second kappa shape index (κ2) is 8.28. The zero-order valence-corrected chi connectivity index (χ0v) is 18.9. The fraction of sp³-hybridized carbons (Fsp3) is 0.545. The highest BCUT2D eigenvalue weighted by Crippen LogP contribution is 2.46. The Kier molecular flexibility index (Phi) is 5.66. The highest BCUT2D eigenvalue weighted by molar-refractivity contribution is 7.98. The molecule has 1 fully saturated rings. The van der Waals surface area contributed by atoms with Gasteiger partial charge in [-0.25, -0.2) is 9.97 Å². The number of fused-ring (bicyclic) bond motifs is 3. The summed E-state index contributed by atoms with van der Waals surface area (Å²) >= 11 is 7.95. The van der Waals surface area contributed by atoms with E-state index >= 15 is 0 Å². The first kappa shape index (κ1) is 20.5. The minimum Gasteiger partial charge on any atom is -0.380 e. The molecular weight excluding hydrogens is 422 g/mol. The number of hydrogen-bond donors (Lipinski definition) is 0. The molecule has 0 amide bonds. The Morgan fingerprint density at radius 3 is 3.00 bits per heavy atom. The summed E-state index contributed by atoms with van der Waals surface area (Å²) in [5.41, 5.74) is 3.82. The Morgan fingerprint density at radius 1 is 1.23 bits per heavy atom. The summed E-state index contributed by atoms with van der Waals surface area (Å²) in [4.78, 5) is 12.1. The fourth-order valence-corrected chi connectivity index (χ4v) is 5.15. The summed E-state index contributed by atoms with van der Waals surface area (Å²) in [5.74, 6) is 0.987. The van der Waals surface area contributed by atoms with E-state index in [0.717, 1.165) is 71.1 Å². The summed E-state index contributed by atoms with van der Waals surface area (Å²) in [5, 5.41) is 1.51. The number of thioether (sulfide) groups is 1. The molecule has 160 valence electrons. The first-order chi connectivity index (χ1) is 14.6. The van der Waals surface area contributed by atoms with Gasteiger partial charge in [0.25, 0.3) is 0 Å². The van der Waals surface area contributed by atoms with Crippen LogP contribution in [0.4, 0.5) is 5.82 Å². The standard InChI is InChI=1S/C22H26ClN3O3S/c1-14-16-5-4-15(23)10-18(16)22(13-28-14)11-19-17(12-29-22)20(25-21(24-19)30-2)26-6-3-8-27-9-7-26/h4-5,10,14H,3,6-9,11-13H2,1-2H3/t14-,22+/m0/s1. The van der Waals surface area contributed by atoms with Gasteiger partial charge in [0.2, 0.25) is 0 Å². The van der Waals surface area contributed by atoms with Crippen molar-refractivity contribution in [1.29, 1.82) is 0 Å². The molecule has 6 nitrogen and oxygen atoms in total. The summed E-state index contributed by atoms with van der Waals surface area (Å²) in [6, 6.07) is 6.01. The number of aromatic nitrogens is 2. The topological polar surface area (TPSA) is 56.7 Å². The van der Waals surface area contributed by atoms with Crippen LogP contribution < -0.4 is 4.90 Å². The molecule has 0 unspecified atom stereocenters. The Balaban J connectivity index is 1.57. The molecule has 8 heteroatoms. The van der Waals surface area contributed by atoms with Gasteiger partial charge < -0.3 is 19.1 Å². The third-order valence-corrected chi connectivity index (χ3v) is 6.99. The van der Waals surface area contributed by atoms with Crippen LogP contribution in [0.5, 0.6) is 0 Å². The van der Waals surface area contributed by atoms with Crippen LogP contribution in [0.1, 0.15) is 41.8 Å². The average molecular weight is 448 g/mol. The lowest BCUT2D eigenvalue weighted by atomic mass is 9.80. The Labute approximate surface area is 186 Å². The van der Waals surface area contributed by atoms with Crippen molar-refractivity contribution in [2.45, 2.75) is 43.2 Å². The van der Waals surface area contributed by atoms with Crippen LogP contribution in [0.25, 0.3) is 0 Å². The van der Waals surface area contributed by atoms with E-state index in [4.69, 9.17) is 35.8 Å². The van der Waals surface area contributed by atoms with Crippen molar-refractivity contribution in [3.8, 4) is 0 Å². The number of nitrogens with zero attached hydrogens (tertiary/aromatic N) is 3. The van der Waals surface area contributed by atoms with Crippen LogP contribution in [0.2, 0.25) is 5.02 Å². The molecule has 3 aliphatic rings. The van der Waals surface area contributed by atoms with Crippen LogP contribution in [-0.2, 0) is 32.8 Å². The maximum atomic E-state index is 6.57. The predicted octanol–water partition coefficient (Wildman–Crippen LogP) is 4.14. The van der Waals surface area contributed by atoms with Gasteiger partial charge in [-0.1, -0.05) is 29.4 Å². The van der Waals surface area contributed by atoms with E-state index in [-0.39, 0.29) is 6.10 Å². The lowest BCUT2D eigenvalue weighted by molar-refractivity contribution is -0.148.